The highest BCUT2D eigenvalue weighted by molar-refractivity contribution is 5.85. The van der Waals surface area contributed by atoms with Gasteiger partial charge in [-0.3, -0.25) is 4.79 Å². The van der Waals surface area contributed by atoms with E-state index in [1.54, 1.807) is 0 Å². The Balaban J connectivity index is 2.04. The molecular weight excluding hydrogens is 204 g/mol. The molecule has 16 heavy (non-hydrogen) atoms. The molecule has 1 amide bonds. The minimum absolute atomic E-state index is 0.0167. The molecule has 2 rings (SSSR count). The number of amides is 1. The number of nitrogens with one attached hydrogen (secondary N) is 1. The lowest BCUT2D eigenvalue weighted by molar-refractivity contribution is -0.153. The Hall–Kier alpha value is -0.610. The van der Waals surface area contributed by atoms with Gasteiger partial charge >= 0.3 is 0 Å². The van der Waals surface area contributed by atoms with Crippen LogP contribution in [-0.2, 0) is 9.53 Å². The number of rotatable bonds is 1. The highest BCUT2D eigenvalue weighted by atomic mass is 16.5. The summed E-state index contributed by atoms with van der Waals surface area (Å²) in [6.07, 6.45) is 1.86. The molecule has 0 aromatic carbocycles. The minimum atomic E-state index is -0.562. The second-order valence-electron chi connectivity index (χ2n) is 5.72. The number of nitrogens with zero attached hydrogens (tertiary/aromatic N) is 1. The molecule has 1 unspecified atom stereocenters. The Bertz CT molecular complexity index is 283. The molecule has 2 heterocycles. The summed E-state index contributed by atoms with van der Waals surface area (Å²) < 4.78 is 5.61. The fraction of sp³-hybridized carbons (Fsp3) is 0.917. The van der Waals surface area contributed by atoms with Gasteiger partial charge in [0, 0.05) is 31.8 Å². The van der Waals surface area contributed by atoms with Gasteiger partial charge < -0.3 is 15.0 Å². The molecule has 0 aromatic heterocycles. The summed E-state index contributed by atoms with van der Waals surface area (Å²) in [5, 5.41) is 3.41. The second kappa shape index (κ2) is 4.00. The van der Waals surface area contributed by atoms with Gasteiger partial charge in [-0.2, -0.15) is 0 Å². The van der Waals surface area contributed by atoms with E-state index in [-0.39, 0.29) is 11.4 Å². The molecule has 0 aromatic rings. The topological polar surface area (TPSA) is 41.6 Å². The number of hydrogen-bond acceptors (Lipinski definition) is 3. The zero-order valence-corrected chi connectivity index (χ0v) is 10.5. The van der Waals surface area contributed by atoms with E-state index in [9.17, 15) is 4.79 Å². The van der Waals surface area contributed by atoms with E-state index in [0.717, 1.165) is 39.1 Å². The normalized spacial score (nSPS) is 34.1. The summed E-state index contributed by atoms with van der Waals surface area (Å²) in [4.78, 5) is 14.3. The fourth-order valence-corrected chi connectivity index (χ4v) is 2.60. The van der Waals surface area contributed by atoms with Gasteiger partial charge in [0.25, 0.3) is 5.91 Å². The molecule has 4 heteroatoms. The highest BCUT2D eigenvalue weighted by Crippen LogP contribution is 2.28. The number of carbonyl (C=O) groups is 1. The third-order valence-corrected chi connectivity index (χ3v) is 3.53. The molecule has 2 aliphatic rings. The summed E-state index contributed by atoms with van der Waals surface area (Å²) in [5.74, 6) is 0.166. The Kier molecular flexibility index (Phi) is 2.97. The molecule has 1 N–H and O–H groups in total. The first-order chi connectivity index (χ1) is 7.43. The van der Waals surface area contributed by atoms with E-state index in [0.29, 0.717) is 0 Å². The van der Waals surface area contributed by atoms with Crippen LogP contribution in [0.15, 0.2) is 0 Å². The predicted molar refractivity (Wildman–Crippen MR) is 62.3 cm³/mol. The lowest BCUT2D eigenvalue weighted by Crippen LogP contribution is -2.61. The van der Waals surface area contributed by atoms with Gasteiger partial charge in [-0.1, -0.05) is 0 Å². The van der Waals surface area contributed by atoms with Crippen molar-refractivity contribution in [2.45, 2.75) is 44.8 Å². The lowest BCUT2D eigenvalue weighted by atomic mass is 9.97. The fourth-order valence-electron chi connectivity index (χ4n) is 2.60. The Morgan fingerprint density at radius 1 is 1.38 bits per heavy atom. The van der Waals surface area contributed by atoms with Gasteiger partial charge in [-0.05, 0) is 33.6 Å². The van der Waals surface area contributed by atoms with Crippen molar-refractivity contribution in [3.05, 3.63) is 0 Å². The first kappa shape index (κ1) is 11.9. The molecule has 0 bridgehead atoms. The van der Waals surface area contributed by atoms with Gasteiger partial charge in [0.2, 0.25) is 0 Å². The van der Waals surface area contributed by atoms with Crippen LogP contribution in [0.3, 0.4) is 0 Å². The van der Waals surface area contributed by atoms with Gasteiger partial charge in [0.15, 0.2) is 0 Å². The average molecular weight is 226 g/mol. The maximum Gasteiger partial charge on any atom is 0.254 e. The smallest absolute Gasteiger partial charge is 0.254 e. The molecule has 2 aliphatic heterocycles. The Labute approximate surface area is 97.3 Å². The van der Waals surface area contributed by atoms with Gasteiger partial charge in [-0.15, -0.1) is 0 Å². The van der Waals surface area contributed by atoms with Crippen molar-refractivity contribution in [2.24, 2.45) is 0 Å². The van der Waals surface area contributed by atoms with Crippen molar-refractivity contribution in [2.75, 3.05) is 26.2 Å². The largest absolute Gasteiger partial charge is 0.365 e. The quantitative estimate of drug-likeness (QED) is 0.718. The monoisotopic (exact) mass is 226 g/mol. The second-order valence-corrected chi connectivity index (χ2v) is 5.72. The van der Waals surface area contributed by atoms with Crippen molar-refractivity contribution in [3.63, 3.8) is 0 Å². The first-order valence-electron chi connectivity index (χ1n) is 6.11. The van der Waals surface area contributed by atoms with Crippen LogP contribution in [0.2, 0.25) is 0 Å². The molecule has 0 saturated carbocycles. The van der Waals surface area contributed by atoms with E-state index < -0.39 is 5.60 Å². The van der Waals surface area contributed by atoms with Crippen LogP contribution in [0, 0.1) is 0 Å². The summed E-state index contributed by atoms with van der Waals surface area (Å²) in [7, 11) is 0. The summed E-state index contributed by atoms with van der Waals surface area (Å²) in [6.45, 7) is 9.34. The van der Waals surface area contributed by atoms with Crippen molar-refractivity contribution >= 4 is 5.91 Å². The number of hydrogen-bond donors (Lipinski definition) is 1. The van der Waals surface area contributed by atoms with Crippen LogP contribution in [0.4, 0.5) is 0 Å². The lowest BCUT2D eigenvalue weighted by Gasteiger charge is -2.41. The van der Waals surface area contributed by atoms with Crippen LogP contribution in [0.1, 0.15) is 33.6 Å². The molecule has 92 valence electrons. The van der Waals surface area contributed by atoms with Crippen molar-refractivity contribution < 1.29 is 9.53 Å². The Morgan fingerprint density at radius 2 is 2.12 bits per heavy atom. The molecule has 2 fully saturated rings. The van der Waals surface area contributed by atoms with Gasteiger partial charge in [-0.25, -0.2) is 0 Å². The standard InChI is InChI=1S/C12H22N2O2/c1-11(2)9-14(7-6-13-11)10(15)12(3)5-4-8-16-12/h13H,4-9H2,1-3H3. The SMILES string of the molecule is CC1(C)CN(C(=O)C2(C)CCCO2)CCN1. The molecule has 2 saturated heterocycles. The number of carbonyl (C=O) groups excluding carboxylic acids is 1. The average Bonchev–Trinajstić information content (AvgIpc) is 2.64. The van der Waals surface area contributed by atoms with E-state index in [1.807, 2.05) is 11.8 Å². The zero-order chi connectivity index (χ0) is 11.8. The van der Waals surface area contributed by atoms with E-state index in [4.69, 9.17) is 4.74 Å². The molecule has 0 radical (unpaired) electrons. The maximum absolute atomic E-state index is 12.4. The molecule has 0 spiro atoms. The first-order valence-corrected chi connectivity index (χ1v) is 6.11. The maximum atomic E-state index is 12.4. The summed E-state index contributed by atoms with van der Waals surface area (Å²) in [6, 6.07) is 0. The van der Waals surface area contributed by atoms with E-state index in [1.165, 1.54) is 0 Å². The summed E-state index contributed by atoms with van der Waals surface area (Å²) >= 11 is 0. The molecule has 4 nitrogen and oxygen atoms in total. The van der Waals surface area contributed by atoms with Gasteiger partial charge in [0.1, 0.15) is 5.60 Å². The van der Waals surface area contributed by atoms with Crippen LogP contribution in [-0.4, -0.2) is 48.2 Å². The minimum Gasteiger partial charge on any atom is -0.365 e. The summed E-state index contributed by atoms with van der Waals surface area (Å²) in [5.41, 5.74) is -0.545. The van der Waals surface area contributed by atoms with Crippen LogP contribution < -0.4 is 5.32 Å². The van der Waals surface area contributed by atoms with Crippen molar-refractivity contribution in [1.82, 2.24) is 10.2 Å². The van der Waals surface area contributed by atoms with Crippen LogP contribution in [0.5, 0.6) is 0 Å². The highest BCUT2D eigenvalue weighted by Gasteiger charge is 2.42. The molecular formula is C12H22N2O2. The third kappa shape index (κ3) is 2.23. The number of piperazine rings is 1. The number of ether oxygens (including phenoxy) is 1. The van der Waals surface area contributed by atoms with E-state index >= 15 is 0 Å². The van der Waals surface area contributed by atoms with E-state index in [2.05, 4.69) is 19.2 Å². The third-order valence-electron chi connectivity index (χ3n) is 3.53. The van der Waals surface area contributed by atoms with Crippen molar-refractivity contribution in [3.8, 4) is 0 Å². The van der Waals surface area contributed by atoms with Crippen LogP contribution in [0.25, 0.3) is 0 Å². The molecule has 0 aliphatic carbocycles. The Morgan fingerprint density at radius 3 is 2.69 bits per heavy atom. The van der Waals surface area contributed by atoms with Crippen LogP contribution >= 0.6 is 0 Å². The zero-order valence-electron chi connectivity index (χ0n) is 10.5. The molecule has 1 atom stereocenters. The van der Waals surface area contributed by atoms with Crippen molar-refractivity contribution in [1.29, 1.82) is 0 Å². The van der Waals surface area contributed by atoms with Gasteiger partial charge in [0.05, 0.1) is 0 Å². The predicted octanol–water partition coefficient (Wildman–Crippen LogP) is 0.766.